The van der Waals surface area contributed by atoms with Crippen molar-refractivity contribution in [2.24, 2.45) is 0 Å². The van der Waals surface area contributed by atoms with Crippen LogP contribution in [0.3, 0.4) is 0 Å². The van der Waals surface area contributed by atoms with Crippen molar-refractivity contribution in [2.45, 2.75) is 13.0 Å². The lowest BCUT2D eigenvalue weighted by molar-refractivity contribution is 0.0937. The Kier molecular flexibility index (Phi) is 3.57. The van der Waals surface area contributed by atoms with Crippen LogP contribution in [-0.2, 0) is 0 Å². The zero-order valence-electron chi connectivity index (χ0n) is 9.92. The van der Waals surface area contributed by atoms with E-state index in [1.807, 2.05) is 37.3 Å². The van der Waals surface area contributed by atoms with E-state index in [-0.39, 0.29) is 11.9 Å². The second-order valence-electron chi connectivity index (χ2n) is 3.95. The molecule has 2 rings (SSSR count). The molecular weight excluding hydrogens is 230 g/mol. The Balaban J connectivity index is 2.08. The normalized spacial score (nSPS) is 11.8. The summed E-state index contributed by atoms with van der Waals surface area (Å²) in [5, 5.41) is 2.83. The average molecular weight is 243 g/mol. The molecule has 0 bridgehead atoms. The van der Waals surface area contributed by atoms with Gasteiger partial charge in [-0.2, -0.15) is 0 Å². The molecule has 1 aromatic carbocycles. The van der Waals surface area contributed by atoms with E-state index >= 15 is 0 Å². The van der Waals surface area contributed by atoms with Gasteiger partial charge in [0.05, 0.1) is 11.6 Å². The SMILES string of the molecule is C[C@H](NC(=O)c1ccc(=O)oc1)c1ccccc1. The van der Waals surface area contributed by atoms with Gasteiger partial charge < -0.3 is 9.73 Å². The quantitative estimate of drug-likeness (QED) is 0.898. The van der Waals surface area contributed by atoms with Crippen molar-refractivity contribution in [3.63, 3.8) is 0 Å². The molecule has 0 aliphatic carbocycles. The molecular formula is C14H13NO3. The lowest BCUT2D eigenvalue weighted by atomic mass is 10.1. The predicted molar refractivity (Wildman–Crippen MR) is 67.3 cm³/mol. The van der Waals surface area contributed by atoms with Crippen molar-refractivity contribution in [3.05, 3.63) is 70.3 Å². The van der Waals surface area contributed by atoms with Crippen molar-refractivity contribution < 1.29 is 9.21 Å². The molecule has 0 radical (unpaired) electrons. The van der Waals surface area contributed by atoms with Crippen molar-refractivity contribution in [3.8, 4) is 0 Å². The first-order valence-electron chi connectivity index (χ1n) is 5.61. The zero-order chi connectivity index (χ0) is 13.0. The summed E-state index contributed by atoms with van der Waals surface area (Å²) in [6, 6.07) is 12.2. The first-order chi connectivity index (χ1) is 8.66. The summed E-state index contributed by atoms with van der Waals surface area (Å²) in [6.45, 7) is 1.90. The van der Waals surface area contributed by atoms with E-state index in [0.29, 0.717) is 5.56 Å². The number of rotatable bonds is 3. The van der Waals surface area contributed by atoms with Gasteiger partial charge in [-0.3, -0.25) is 4.79 Å². The maximum atomic E-state index is 11.9. The van der Waals surface area contributed by atoms with E-state index in [2.05, 4.69) is 9.73 Å². The Morgan fingerprint density at radius 1 is 1.17 bits per heavy atom. The molecule has 1 N–H and O–H groups in total. The van der Waals surface area contributed by atoms with Crippen LogP contribution in [0, 0.1) is 0 Å². The minimum absolute atomic E-state index is 0.106. The van der Waals surface area contributed by atoms with Crippen molar-refractivity contribution in [1.29, 1.82) is 0 Å². The Labute approximate surface area is 104 Å². The van der Waals surface area contributed by atoms with E-state index in [1.165, 1.54) is 12.1 Å². The van der Waals surface area contributed by atoms with Crippen LogP contribution in [-0.4, -0.2) is 5.91 Å². The molecule has 92 valence electrons. The number of benzene rings is 1. The summed E-state index contributed by atoms with van der Waals surface area (Å²) in [7, 11) is 0. The molecule has 0 aliphatic rings. The van der Waals surface area contributed by atoms with Gasteiger partial charge in [0.25, 0.3) is 5.91 Å². The van der Waals surface area contributed by atoms with Crippen LogP contribution in [0.1, 0.15) is 28.9 Å². The van der Waals surface area contributed by atoms with Crippen LogP contribution in [0.5, 0.6) is 0 Å². The first-order valence-corrected chi connectivity index (χ1v) is 5.61. The molecule has 4 nitrogen and oxygen atoms in total. The second-order valence-corrected chi connectivity index (χ2v) is 3.95. The average Bonchev–Trinajstić information content (AvgIpc) is 2.40. The monoisotopic (exact) mass is 243 g/mol. The number of hydrogen-bond acceptors (Lipinski definition) is 3. The van der Waals surface area contributed by atoms with Crippen molar-refractivity contribution in [1.82, 2.24) is 5.32 Å². The molecule has 4 heteroatoms. The zero-order valence-corrected chi connectivity index (χ0v) is 9.92. The van der Waals surface area contributed by atoms with Crippen LogP contribution in [0.2, 0.25) is 0 Å². The molecule has 0 fully saturated rings. The number of amides is 1. The Morgan fingerprint density at radius 3 is 2.50 bits per heavy atom. The molecule has 1 heterocycles. The number of carbonyl (C=O) groups is 1. The molecule has 1 atom stereocenters. The lowest BCUT2D eigenvalue weighted by Crippen LogP contribution is -2.26. The molecule has 0 spiro atoms. The highest BCUT2D eigenvalue weighted by atomic mass is 16.4. The molecule has 0 saturated carbocycles. The number of carbonyl (C=O) groups excluding carboxylic acids is 1. The summed E-state index contributed by atoms with van der Waals surface area (Å²) in [5.41, 5.74) is 0.878. The van der Waals surface area contributed by atoms with Gasteiger partial charge in [0, 0.05) is 6.07 Å². The Bertz CT molecular complexity index is 569. The minimum Gasteiger partial charge on any atom is -0.430 e. The Morgan fingerprint density at radius 2 is 1.89 bits per heavy atom. The highest BCUT2D eigenvalue weighted by molar-refractivity contribution is 5.93. The first kappa shape index (κ1) is 12.1. The fraction of sp³-hybridized carbons (Fsp3) is 0.143. The van der Waals surface area contributed by atoms with Crippen LogP contribution < -0.4 is 10.9 Å². The summed E-state index contributed by atoms with van der Waals surface area (Å²) >= 11 is 0. The topological polar surface area (TPSA) is 59.3 Å². The predicted octanol–water partition coefficient (Wildman–Crippen LogP) is 2.13. The maximum absolute atomic E-state index is 11.9. The standard InChI is InChI=1S/C14H13NO3/c1-10(11-5-3-2-4-6-11)15-14(17)12-7-8-13(16)18-9-12/h2-10H,1H3,(H,15,17)/t10-/m0/s1. The minimum atomic E-state index is -0.470. The van der Waals surface area contributed by atoms with Gasteiger partial charge in [0.2, 0.25) is 0 Å². The van der Waals surface area contributed by atoms with Crippen LogP contribution in [0.4, 0.5) is 0 Å². The summed E-state index contributed by atoms with van der Waals surface area (Å²) in [6.07, 6.45) is 1.16. The molecule has 1 aromatic heterocycles. The van der Waals surface area contributed by atoms with Crippen LogP contribution in [0.15, 0.2) is 57.9 Å². The number of hydrogen-bond donors (Lipinski definition) is 1. The second kappa shape index (κ2) is 5.31. The fourth-order valence-electron chi connectivity index (χ4n) is 1.59. The van der Waals surface area contributed by atoms with Crippen LogP contribution in [0.25, 0.3) is 0 Å². The van der Waals surface area contributed by atoms with Crippen molar-refractivity contribution >= 4 is 5.91 Å². The van der Waals surface area contributed by atoms with Gasteiger partial charge >= 0.3 is 5.63 Å². The Hall–Kier alpha value is -2.36. The van der Waals surface area contributed by atoms with Gasteiger partial charge in [0.15, 0.2) is 0 Å². The van der Waals surface area contributed by atoms with Gasteiger partial charge in [-0.05, 0) is 18.6 Å². The van der Waals surface area contributed by atoms with E-state index in [9.17, 15) is 9.59 Å². The molecule has 0 saturated heterocycles. The third-order valence-electron chi connectivity index (χ3n) is 2.61. The number of nitrogens with one attached hydrogen (secondary N) is 1. The summed E-state index contributed by atoms with van der Waals surface area (Å²) in [4.78, 5) is 22.7. The lowest BCUT2D eigenvalue weighted by Gasteiger charge is -2.13. The van der Waals surface area contributed by atoms with Crippen LogP contribution >= 0.6 is 0 Å². The van der Waals surface area contributed by atoms with Gasteiger partial charge in [-0.15, -0.1) is 0 Å². The third-order valence-corrected chi connectivity index (χ3v) is 2.61. The largest absolute Gasteiger partial charge is 0.430 e. The van der Waals surface area contributed by atoms with E-state index in [0.717, 1.165) is 11.8 Å². The smallest absolute Gasteiger partial charge is 0.335 e. The van der Waals surface area contributed by atoms with E-state index in [1.54, 1.807) is 0 Å². The van der Waals surface area contributed by atoms with E-state index in [4.69, 9.17) is 0 Å². The van der Waals surface area contributed by atoms with Gasteiger partial charge in [-0.25, -0.2) is 4.79 Å². The molecule has 2 aromatic rings. The third kappa shape index (κ3) is 2.85. The highest BCUT2D eigenvalue weighted by Gasteiger charge is 2.11. The maximum Gasteiger partial charge on any atom is 0.335 e. The van der Waals surface area contributed by atoms with Gasteiger partial charge in [-0.1, -0.05) is 30.3 Å². The van der Waals surface area contributed by atoms with Gasteiger partial charge in [0.1, 0.15) is 6.26 Å². The highest BCUT2D eigenvalue weighted by Crippen LogP contribution is 2.11. The molecule has 0 unspecified atom stereocenters. The van der Waals surface area contributed by atoms with Crippen molar-refractivity contribution in [2.75, 3.05) is 0 Å². The molecule has 18 heavy (non-hydrogen) atoms. The summed E-state index contributed by atoms with van der Waals surface area (Å²) in [5.74, 6) is -0.268. The molecule has 1 amide bonds. The molecule has 0 aliphatic heterocycles. The fourth-order valence-corrected chi connectivity index (χ4v) is 1.59. The summed E-state index contributed by atoms with van der Waals surface area (Å²) < 4.78 is 4.65. The van der Waals surface area contributed by atoms with E-state index < -0.39 is 5.63 Å².